The molecule has 1 heterocycles. The molecule has 3 nitrogen and oxygen atoms in total. The van der Waals surface area contributed by atoms with Gasteiger partial charge in [-0.1, -0.05) is 25.7 Å². The van der Waals surface area contributed by atoms with Gasteiger partial charge in [-0.2, -0.15) is 0 Å². The molecular weight excluding hydrogens is 228 g/mol. The van der Waals surface area contributed by atoms with Crippen molar-refractivity contribution in [3.05, 3.63) is 24.3 Å². The topological polar surface area (TPSA) is 46.5 Å². The minimum atomic E-state index is -0.318. The fraction of sp³-hybridized carbons (Fsp3) is 0.667. The average molecular weight is 248 g/mol. The highest BCUT2D eigenvalue weighted by molar-refractivity contribution is 5.91. The highest BCUT2D eigenvalue weighted by Gasteiger charge is 2.57. The first-order chi connectivity index (χ1) is 8.45. The van der Waals surface area contributed by atoms with Gasteiger partial charge in [-0.05, 0) is 25.7 Å². The molecule has 1 aliphatic heterocycles. The number of aliphatic hydroxyl groups is 1. The standard InChI is InChI=1S/C15H20O3/c1-8-4-5-11(16)15(3)7-6-10-9(2)14(17)18-13(10)12(8)15/h10-13,16H,1-2,4-7H2,3H3/t10-,11+,12-,13+,15+/m1/s1. The first kappa shape index (κ1) is 12.0. The van der Waals surface area contributed by atoms with Crippen molar-refractivity contribution in [2.45, 2.75) is 44.8 Å². The van der Waals surface area contributed by atoms with E-state index in [0.717, 1.165) is 31.3 Å². The van der Waals surface area contributed by atoms with Gasteiger partial charge < -0.3 is 9.84 Å². The molecule has 2 aliphatic carbocycles. The Balaban J connectivity index is 2.00. The van der Waals surface area contributed by atoms with Crippen molar-refractivity contribution in [2.24, 2.45) is 17.3 Å². The smallest absolute Gasteiger partial charge is 0.334 e. The summed E-state index contributed by atoms with van der Waals surface area (Å²) in [6.45, 7) is 10.1. The molecule has 1 N–H and O–H groups in total. The molecule has 0 bridgehead atoms. The zero-order valence-corrected chi connectivity index (χ0v) is 10.8. The number of ether oxygens (including phenoxy) is 1. The maximum Gasteiger partial charge on any atom is 0.334 e. The molecule has 5 atom stereocenters. The van der Waals surface area contributed by atoms with E-state index >= 15 is 0 Å². The number of rotatable bonds is 0. The second kappa shape index (κ2) is 3.70. The third-order valence-corrected chi connectivity index (χ3v) is 5.32. The fourth-order valence-electron chi connectivity index (χ4n) is 4.15. The minimum absolute atomic E-state index is 0.0863. The Hall–Kier alpha value is -1.09. The van der Waals surface area contributed by atoms with E-state index in [1.54, 1.807) is 0 Å². The summed E-state index contributed by atoms with van der Waals surface area (Å²) in [5.41, 5.74) is 1.54. The summed E-state index contributed by atoms with van der Waals surface area (Å²) >= 11 is 0. The Bertz CT molecular complexity index is 439. The first-order valence-corrected chi connectivity index (χ1v) is 6.70. The van der Waals surface area contributed by atoms with Crippen molar-refractivity contribution in [3.63, 3.8) is 0 Å². The van der Waals surface area contributed by atoms with E-state index in [-0.39, 0.29) is 35.4 Å². The SMILES string of the molecule is C=C1C(=O)O[C@H]2[C@@H]1CC[C@]1(C)[C@@H]2C(=C)CC[C@@H]1O. The second-order valence-corrected chi connectivity index (χ2v) is 6.24. The molecule has 0 aromatic heterocycles. The Labute approximate surface area is 108 Å². The van der Waals surface area contributed by atoms with E-state index in [4.69, 9.17) is 4.74 Å². The van der Waals surface area contributed by atoms with Crippen LogP contribution < -0.4 is 0 Å². The van der Waals surface area contributed by atoms with Gasteiger partial charge in [-0.25, -0.2) is 4.79 Å². The Kier molecular flexibility index (Phi) is 2.46. The van der Waals surface area contributed by atoms with Crippen LogP contribution in [-0.4, -0.2) is 23.3 Å². The van der Waals surface area contributed by atoms with Gasteiger partial charge in [0.1, 0.15) is 6.10 Å². The average Bonchev–Trinajstić information content (AvgIpc) is 2.60. The molecule has 98 valence electrons. The van der Waals surface area contributed by atoms with Crippen LogP contribution in [0, 0.1) is 17.3 Å². The third kappa shape index (κ3) is 1.37. The molecule has 2 saturated carbocycles. The molecule has 0 aromatic rings. The van der Waals surface area contributed by atoms with E-state index in [2.05, 4.69) is 20.1 Å². The summed E-state index contributed by atoms with van der Waals surface area (Å²) in [5, 5.41) is 10.3. The summed E-state index contributed by atoms with van der Waals surface area (Å²) in [7, 11) is 0. The highest BCUT2D eigenvalue weighted by atomic mass is 16.6. The number of esters is 1. The van der Waals surface area contributed by atoms with Crippen molar-refractivity contribution in [2.75, 3.05) is 0 Å². The number of hydrogen-bond donors (Lipinski definition) is 1. The summed E-state index contributed by atoms with van der Waals surface area (Å²) in [5.74, 6) is -0.0528. The van der Waals surface area contributed by atoms with Crippen LogP contribution in [0.2, 0.25) is 0 Å². The van der Waals surface area contributed by atoms with Crippen LogP contribution in [0.25, 0.3) is 0 Å². The van der Waals surface area contributed by atoms with Gasteiger partial charge in [0.05, 0.1) is 6.10 Å². The molecular formula is C15H20O3. The van der Waals surface area contributed by atoms with E-state index in [9.17, 15) is 9.90 Å². The normalized spacial score (nSPS) is 47.6. The lowest BCUT2D eigenvalue weighted by molar-refractivity contribution is -0.150. The molecule has 3 heteroatoms. The molecule has 0 radical (unpaired) electrons. The number of carbonyl (C=O) groups excluding carboxylic acids is 1. The van der Waals surface area contributed by atoms with Gasteiger partial charge in [-0.3, -0.25) is 0 Å². The Morgan fingerprint density at radius 1 is 1.39 bits per heavy atom. The largest absolute Gasteiger partial charge is 0.458 e. The lowest BCUT2D eigenvalue weighted by Crippen LogP contribution is -2.53. The number of hydrogen-bond acceptors (Lipinski definition) is 3. The van der Waals surface area contributed by atoms with Gasteiger partial charge in [0, 0.05) is 22.8 Å². The summed E-state index contributed by atoms with van der Waals surface area (Å²) in [6, 6.07) is 0. The van der Waals surface area contributed by atoms with Crippen LogP contribution in [0.5, 0.6) is 0 Å². The van der Waals surface area contributed by atoms with Crippen LogP contribution in [-0.2, 0) is 9.53 Å². The summed E-state index contributed by atoms with van der Waals surface area (Å²) in [4.78, 5) is 11.7. The Morgan fingerprint density at radius 3 is 2.83 bits per heavy atom. The van der Waals surface area contributed by atoms with Gasteiger partial charge in [0.2, 0.25) is 0 Å². The predicted octanol–water partition coefficient (Wildman–Crippen LogP) is 2.21. The molecule has 3 rings (SSSR count). The van der Waals surface area contributed by atoms with Crippen LogP contribution in [0.15, 0.2) is 24.3 Å². The van der Waals surface area contributed by atoms with Crippen molar-refractivity contribution < 1.29 is 14.6 Å². The maximum atomic E-state index is 11.7. The molecule has 18 heavy (non-hydrogen) atoms. The summed E-state index contributed by atoms with van der Waals surface area (Å²) < 4.78 is 5.52. The lowest BCUT2D eigenvalue weighted by Gasteiger charge is -2.52. The predicted molar refractivity (Wildman–Crippen MR) is 67.7 cm³/mol. The number of fused-ring (bicyclic) bond motifs is 3. The van der Waals surface area contributed by atoms with Gasteiger partial charge in [0.25, 0.3) is 0 Å². The first-order valence-electron chi connectivity index (χ1n) is 6.70. The molecule has 0 spiro atoms. The minimum Gasteiger partial charge on any atom is -0.458 e. The third-order valence-electron chi connectivity index (χ3n) is 5.32. The Morgan fingerprint density at radius 2 is 2.11 bits per heavy atom. The molecule has 3 fully saturated rings. The van der Waals surface area contributed by atoms with E-state index in [1.807, 2.05) is 0 Å². The van der Waals surface area contributed by atoms with Crippen LogP contribution in [0.3, 0.4) is 0 Å². The van der Waals surface area contributed by atoms with Crippen molar-refractivity contribution >= 4 is 5.97 Å². The van der Waals surface area contributed by atoms with Gasteiger partial charge >= 0.3 is 5.97 Å². The van der Waals surface area contributed by atoms with Crippen LogP contribution >= 0.6 is 0 Å². The maximum absolute atomic E-state index is 11.7. The molecule has 0 amide bonds. The highest BCUT2D eigenvalue weighted by Crippen LogP contribution is 2.57. The van der Waals surface area contributed by atoms with Gasteiger partial charge in [-0.15, -0.1) is 0 Å². The lowest BCUT2D eigenvalue weighted by atomic mass is 9.54. The molecule has 1 saturated heterocycles. The van der Waals surface area contributed by atoms with Crippen LogP contribution in [0.1, 0.15) is 32.6 Å². The van der Waals surface area contributed by atoms with Crippen molar-refractivity contribution in [3.8, 4) is 0 Å². The number of aliphatic hydroxyl groups excluding tert-OH is 1. The van der Waals surface area contributed by atoms with Gasteiger partial charge in [0.15, 0.2) is 0 Å². The van der Waals surface area contributed by atoms with E-state index in [0.29, 0.717) is 5.57 Å². The summed E-state index contributed by atoms with van der Waals surface area (Å²) in [6.07, 6.45) is 2.93. The fourth-order valence-corrected chi connectivity index (χ4v) is 4.15. The zero-order chi connectivity index (χ0) is 13.1. The van der Waals surface area contributed by atoms with E-state index in [1.165, 1.54) is 0 Å². The zero-order valence-electron chi connectivity index (χ0n) is 10.8. The molecule has 3 aliphatic rings. The molecule has 0 aromatic carbocycles. The molecule has 0 unspecified atom stereocenters. The van der Waals surface area contributed by atoms with Crippen molar-refractivity contribution in [1.29, 1.82) is 0 Å². The van der Waals surface area contributed by atoms with E-state index < -0.39 is 0 Å². The quantitative estimate of drug-likeness (QED) is 0.406. The van der Waals surface area contributed by atoms with Crippen molar-refractivity contribution in [1.82, 2.24) is 0 Å². The second-order valence-electron chi connectivity index (χ2n) is 6.24. The number of carbonyl (C=O) groups is 1. The van der Waals surface area contributed by atoms with Crippen LogP contribution in [0.4, 0.5) is 0 Å². The monoisotopic (exact) mass is 248 g/mol.